The summed E-state index contributed by atoms with van der Waals surface area (Å²) in [5, 5.41) is 0. The van der Waals surface area contributed by atoms with E-state index in [-0.39, 0.29) is 0 Å². The molecule has 0 saturated carbocycles. The van der Waals surface area contributed by atoms with Crippen molar-refractivity contribution in [3.05, 3.63) is 24.0 Å². The minimum absolute atomic E-state index is 0.604. The summed E-state index contributed by atoms with van der Waals surface area (Å²) < 4.78 is 27.2. The molecule has 0 saturated heterocycles. The topological polar surface area (TPSA) is 61.6 Å². The lowest BCUT2D eigenvalue weighted by Gasteiger charge is -2.10. The Morgan fingerprint density at radius 3 is 2.22 bits per heavy atom. The third-order valence-corrected chi connectivity index (χ3v) is 2.70. The fourth-order valence-corrected chi connectivity index (χ4v) is 1.75. The molecular weight excluding hydrogens is 250 g/mol. The molecule has 5 heteroatoms. The second kappa shape index (κ2) is 9.30. The van der Waals surface area contributed by atoms with Gasteiger partial charge in [-0.15, -0.1) is 0 Å². The molecule has 1 atom stereocenters. The van der Waals surface area contributed by atoms with E-state index in [1.54, 1.807) is 4.90 Å². The zero-order chi connectivity index (χ0) is 14.0. The van der Waals surface area contributed by atoms with Crippen molar-refractivity contribution in [2.45, 2.75) is 46.0 Å². The second-order valence-electron chi connectivity index (χ2n) is 4.60. The number of nitrogens with one attached hydrogen (secondary N) is 1. The summed E-state index contributed by atoms with van der Waals surface area (Å²) in [4.78, 5) is 1.55. The first kappa shape index (κ1) is 17.4. The van der Waals surface area contributed by atoms with Gasteiger partial charge in [0.2, 0.25) is 0 Å². The van der Waals surface area contributed by atoms with Crippen LogP contribution in [0.3, 0.4) is 0 Å². The van der Waals surface area contributed by atoms with Crippen LogP contribution in [-0.2, 0) is 10.1 Å². The van der Waals surface area contributed by atoms with Gasteiger partial charge in [0.1, 0.15) is 5.70 Å². The van der Waals surface area contributed by atoms with Crippen LogP contribution in [0.25, 0.3) is 0 Å². The molecule has 0 aromatic heterocycles. The van der Waals surface area contributed by atoms with Gasteiger partial charge >= 0.3 is 0 Å². The minimum Gasteiger partial charge on any atom is -0.748 e. The Morgan fingerprint density at radius 1 is 1.22 bits per heavy atom. The van der Waals surface area contributed by atoms with E-state index in [1.807, 2.05) is 0 Å². The zero-order valence-corrected chi connectivity index (χ0v) is 12.4. The van der Waals surface area contributed by atoms with E-state index in [4.69, 9.17) is 13.0 Å². The maximum Gasteiger partial charge on any atom is 0.109 e. The molecule has 106 valence electrons. The molecule has 0 amide bonds. The van der Waals surface area contributed by atoms with Gasteiger partial charge in [-0.3, -0.25) is 4.90 Å². The Balaban J connectivity index is 0.000000494. The number of hydrogen-bond acceptors (Lipinski definition) is 3. The average molecular weight is 275 g/mol. The highest BCUT2D eigenvalue weighted by molar-refractivity contribution is 7.84. The van der Waals surface area contributed by atoms with Crippen molar-refractivity contribution in [3.8, 4) is 0 Å². The van der Waals surface area contributed by atoms with Crippen molar-refractivity contribution in [1.82, 2.24) is 0 Å². The van der Waals surface area contributed by atoms with Crippen LogP contribution in [0.1, 0.15) is 46.0 Å². The van der Waals surface area contributed by atoms with Gasteiger partial charge in [0.25, 0.3) is 0 Å². The Kier molecular flexibility index (Phi) is 8.97. The van der Waals surface area contributed by atoms with Crippen LogP contribution in [0.15, 0.2) is 24.0 Å². The van der Waals surface area contributed by atoms with Crippen LogP contribution in [0.5, 0.6) is 0 Å². The summed E-state index contributed by atoms with van der Waals surface area (Å²) in [5.74, 6) is 0. The zero-order valence-electron chi connectivity index (χ0n) is 11.6. The molecule has 1 heterocycles. The fraction of sp³-hybridized carbons (Fsp3) is 0.692. The fourth-order valence-electron chi connectivity index (χ4n) is 1.75. The van der Waals surface area contributed by atoms with Crippen LogP contribution in [0.2, 0.25) is 0 Å². The van der Waals surface area contributed by atoms with E-state index in [1.165, 1.54) is 44.3 Å². The first-order chi connectivity index (χ1) is 8.34. The van der Waals surface area contributed by atoms with Gasteiger partial charge in [0.05, 0.1) is 22.9 Å². The predicted octanol–water partition coefficient (Wildman–Crippen LogP) is 1.43. The molecule has 18 heavy (non-hydrogen) atoms. The van der Waals surface area contributed by atoms with Crippen LogP contribution >= 0.6 is 0 Å². The standard InChI is InChI=1S/C12H21N.CH4O3S/c1-3-4-5-6-7-10-13-11-8-9-12(13)2;1-5(2,3)4/h8-9,11H,3-7,10H2,1-2H3;1H3,(H,2,3,4). The largest absolute Gasteiger partial charge is 0.748 e. The Bertz CT molecular complexity index is 364. The Morgan fingerprint density at radius 2 is 1.78 bits per heavy atom. The number of unbranched alkanes of at least 4 members (excludes halogenated alkanes) is 4. The predicted molar refractivity (Wildman–Crippen MR) is 73.1 cm³/mol. The van der Waals surface area contributed by atoms with Gasteiger partial charge in [0.15, 0.2) is 0 Å². The minimum atomic E-state index is -3.92. The normalized spacial score (nSPS) is 18.2. The molecule has 4 nitrogen and oxygen atoms in total. The summed E-state index contributed by atoms with van der Waals surface area (Å²) in [6, 6.07) is 0. The molecule has 1 aliphatic rings. The molecule has 1 aliphatic heterocycles. The quantitative estimate of drug-likeness (QED) is 0.589. The molecule has 0 aromatic carbocycles. The van der Waals surface area contributed by atoms with E-state index in [0.717, 1.165) is 0 Å². The highest BCUT2D eigenvalue weighted by Gasteiger charge is 2.10. The van der Waals surface area contributed by atoms with Crippen molar-refractivity contribution in [2.75, 3.05) is 12.8 Å². The molecule has 1 N–H and O–H groups in total. The van der Waals surface area contributed by atoms with E-state index in [2.05, 4.69) is 32.2 Å². The highest BCUT2D eigenvalue weighted by Crippen LogP contribution is 2.01. The van der Waals surface area contributed by atoms with Crippen molar-refractivity contribution < 1.29 is 17.9 Å². The number of hydrogen-bond donors (Lipinski definition) is 1. The van der Waals surface area contributed by atoms with Gasteiger partial charge in [0, 0.05) is 13.2 Å². The maximum atomic E-state index is 9.08. The van der Waals surface area contributed by atoms with Gasteiger partial charge < -0.3 is 4.55 Å². The van der Waals surface area contributed by atoms with Crippen molar-refractivity contribution in [1.29, 1.82) is 0 Å². The maximum absolute atomic E-state index is 9.08. The van der Waals surface area contributed by atoms with Gasteiger partial charge in [-0.2, -0.15) is 0 Å². The summed E-state index contributed by atoms with van der Waals surface area (Å²) in [5.41, 5.74) is 1.47. The van der Waals surface area contributed by atoms with Gasteiger partial charge in [-0.25, -0.2) is 8.42 Å². The number of rotatable bonds is 6. The average Bonchev–Trinajstić information content (AvgIpc) is 2.62. The first-order valence-electron chi connectivity index (χ1n) is 6.46. The molecule has 1 rings (SSSR count). The summed E-state index contributed by atoms with van der Waals surface area (Å²) in [6.07, 6.45) is 14.2. The lowest BCUT2D eigenvalue weighted by molar-refractivity contribution is -0.802. The van der Waals surface area contributed by atoms with Crippen LogP contribution in [0, 0.1) is 0 Å². The Labute approximate surface area is 111 Å². The molecule has 1 unspecified atom stereocenters. The lowest BCUT2D eigenvalue weighted by atomic mass is 10.1. The molecule has 0 fully saturated rings. The van der Waals surface area contributed by atoms with Gasteiger partial charge in [-0.1, -0.05) is 26.2 Å². The SMILES string of the molecule is CCCCCCC[NH+]1C=CC=C1C.CS(=O)(=O)[O-]. The van der Waals surface area contributed by atoms with E-state index < -0.39 is 10.1 Å². The molecular formula is C13H25NO3S. The summed E-state index contributed by atoms with van der Waals surface area (Å²) in [7, 11) is -3.92. The van der Waals surface area contributed by atoms with Gasteiger partial charge in [-0.05, 0) is 25.0 Å². The smallest absolute Gasteiger partial charge is 0.109 e. The summed E-state index contributed by atoms with van der Waals surface area (Å²) in [6.45, 7) is 5.76. The molecule has 0 bridgehead atoms. The van der Waals surface area contributed by atoms with Crippen molar-refractivity contribution >= 4 is 10.1 Å². The molecule has 0 aliphatic carbocycles. The van der Waals surface area contributed by atoms with Crippen LogP contribution in [0.4, 0.5) is 0 Å². The third kappa shape index (κ3) is 11.8. The lowest BCUT2D eigenvalue weighted by Crippen LogP contribution is -3.04. The highest BCUT2D eigenvalue weighted by atomic mass is 32.2. The van der Waals surface area contributed by atoms with Crippen molar-refractivity contribution in [2.24, 2.45) is 0 Å². The van der Waals surface area contributed by atoms with Crippen LogP contribution in [-0.4, -0.2) is 25.8 Å². The Hall–Kier alpha value is -0.650. The number of quaternary nitrogens is 1. The van der Waals surface area contributed by atoms with E-state index in [9.17, 15) is 0 Å². The second-order valence-corrected chi connectivity index (χ2v) is 6.01. The van der Waals surface area contributed by atoms with Crippen LogP contribution < -0.4 is 4.90 Å². The molecule has 0 spiro atoms. The van der Waals surface area contributed by atoms with Crippen molar-refractivity contribution in [3.63, 3.8) is 0 Å². The monoisotopic (exact) mass is 275 g/mol. The van der Waals surface area contributed by atoms with E-state index in [0.29, 0.717) is 6.26 Å². The number of allylic oxidation sites excluding steroid dienone is 3. The molecule has 0 aromatic rings. The first-order valence-corrected chi connectivity index (χ1v) is 8.28. The third-order valence-electron chi connectivity index (χ3n) is 2.70. The summed E-state index contributed by atoms with van der Waals surface area (Å²) >= 11 is 0. The van der Waals surface area contributed by atoms with E-state index >= 15 is 0 Å². The molecule has 0 radical (unpaired) electrons.